The van der Waals surface area contributed by atoms with E-state index in [1.807, 2.05) is 6.07 Å². The number of hydrogen-bond acceptors (Lipinski definition) is 2. The number of rotatable bonds is 6. The Hall–Kier alpha value is -0.740. The van der Waals surface area contributed by atoms with Gasteiger partial charge in [0.05, 0.1) is 0 Å². The molecule has 0 aliphatic heterocycles. The van der Waals surface area contributed by atoms with Crippen molar-refractivity contribution >= 4 is 35.5 Å². The molecular formula is C16H22O2S2. The molecule has 0 aliphatic carbocycles. The summed E-state index contributed by atoms with van der Waals surface area (Å²) in [5.74, 6) is 0.888. The van der Waals surface area contributed by atoms with E-state index in [4.69, 9.17) is 0 Å². The third-order valence-electron chi connectivity index (χ3n) is 3.09. The van der Waals surface area contributed by atoms with Crippen LogP contribution in [0.25, 0.3) is 0 Å². The maximum atomic E-state index is 11.9. The molecular weight excluding hydrogens is 288 g/mol. The Bertz CT molecular complexity index is 519. The van der Waals surface area contributed by atoms with Crippen LogP contribution < -0.4 is 0 Å². The van der Waals surface area contributed by atoms with Gasteiger partial charge in [-0.15, -0.1) is 25.3 Å². The van der Waals surface area contributed by atoms with Crippen molar-refractivity contribution < 1.29 is 9.59 Å². The minimum absolute atomic E-state index is 0.358. The minimum atomic E-state index is -0.386. The second-order valence-corrected chi connectivity index (χ2v) is 6.74. The molecule has 0 saturated heterocycles. The van der Waals surface area contributed by atoms with E-state index >= 15 is 0 Å². The molecule has 0 saturated carbocycles. The fourth-order valence-electron chi connectivity index (χ4n) is 2.39. The van der Waals surface area contributed by atoms with Crippen molar-refractivity contribution in [2.24, 2.45) is 11.8 Å². The largest absolute Gasteiger partial charge is 0.282 e. The number of hydrogen-bond donors (Lipinski definition) is 2. The Morgan fingerprint density at radius 2 is 1.50 bits per heavy atom. The van der Waals surface area contributed by atoms with E-state index in [0.717, 1.165) is 24.0 Å². The highest BCUT2D eigenvalue weighted by Gasteiger charge is 2.21. The van der Waals surface area contributed by atoms with E-state index in [1.165, 1.54) is 0 Å². The van der Waals surface area contributed by atoms with Crippen molar-refractivity contribution in [3.63, 3.8) is 0 Å². The van der Waals surface area contributed by atoms with Crippen LogP contribution >= 0.6 is 25.3 Å². The van der Waals surface area contributed by atoms with Crippen LogP contribution in [0.2, 0.25) is 0 Å². The molecule has 0 atom stereocenters. The van der Waals surface area contributed by atoms with Gasteiger partial charge in [0.15, 0.2) is 0 Å². The summed E-state index contributed by atoms with van der Waals surface area (Å²) < 4.78 is 0. The van der Waals surface area contributed by atoms with Gasteiger partial charge in [-0.25, -0.2) is 0 Å². The zero-order valence-corrected chi connectivity index (χ0v) is 14.2. The molecule has 110 valence electrons. The smallest absolute Gasteiger partial charge is 0.217 e. The average molecular weight is 310 g/mol. The molecule has 0 heterocycles. The Morgan fingerprint density at radius 3 is 1.90 bits per heavy atom. The van der Waals surface area contributed by atoms with Gasteiger partial charge < -0.3 is 0 Å². The van der Waals surface area contributed by atoms with Crippen LogP contribution in [0.1, 0.15) is 59.5 Å². The molecule has 0 aliphatic rings. The highest BCUT2D eigenvalue weighted by Crippen LogP contribution is 2.27. The normalized spacial score (nSPS) is 11.2. The number of carbonyl (C=O) groups is 2. The monoisotopic (exact) mass is 310 g/mol. The first-order valence-electron chi connectivity index (χ1n) is 6.85. The first kappa shape index (κ1) is 17.3. The lowest BCUT2D eigenvalue weighted by Crippen LogP contribution is -2.12. The molecule has 20 heavy (non-hydrogen) atoms. The lowest BCUT2D eigenvalue weighted by molar-refractivity contribution is 0.106. The lowest BCUT2D eigenvalue weighted by atomic mass is 9.87. The zero-order valence-electron chi connectivity index (χ0n) is 12.4. The van der Waals surface area contributed by atoms with E-state index in [9.17, 15) is 9.59 Å². The SMILES string of the molecule is CC(C)Cc1ccc(C(=O)S)c(C(=O)S)c1CC(C)C. The molecule has 1 aromatic carbocycles. The van der Waals surface area contributed by atoms with Crippen molar-refractivity contribution in [2.45, 2.75) is 40.5 Å². The Morgan fingerprint density at radius 1 is 0.950 bits per heavy atom. The van der Waals surface area contributed by atoms with Crippen LogP contribution in [0.15, 0.2) is 12.1 Å². The second-order valence-electron chi connectivity index (χ2n) is 5.93. The van der Waals surface area contributed by atoms with Gasteiger partial charge in [-0.3, -0.25) is 9.59 Å². The van der Waals surface area contributed by atoms with Gasteiger partial charge in [-0.05, 0) is 41.9 Å². The standard InChI is InChI=1S/C16H22O2S2/c1-9(2)7-11-5-6-12(15(17)19)14(16(18)20)13(11)8-10(3)4/h5-6,9-10H,7-8H2,1-4H3,(H,17,19)(H,18,20). The summed E-state index contributed by atoms with van der Waals surface area (Å²) in [5, 5.41) is -0.743. The molecule has 0 radical (unpaired) electrons. The fourth-order valence-corrected chi connectivity index (χ4v) is 2.83. The predicted molar refractivity (Wildman–Crippen MR) is 90.2 cm³/mol. The summed E-state index contributed by atoms with van der Waals surface area (Å²) in [6.45, 7) is 8.47. The van der Waals surface area contributed by atoms with E-state index in [0.29, 0.717) is 23.0 Å². The Kier molecular flexibility index (Phi) is 6.34. The molecule has 0 bridgehead atoms. The van der Waals surface area contributed by atoms with E-state index < -0.39 is 0 Å². The van der Waals surface area contributed by atoms with Crippen LogP contribution in [0.4, 0.5) is 0 Å². The molecule has 0 unspecified atom stereocenters. The molecule has 0 spiro atoms. The average Bonchev–Trinajstić information content (AvgIpc) is 2.28. The van der Waals surface area contributed by atoms with Gasteiger partial charge in [0.1, 0.15) is 0 Å². The third kappa shape index (κ3) is 4.38. The molecule has 0 aromatic heterocycles. The summed E-state index contributed by atoms with van der Waals surface area (Å²) in [4.78, 5) is 23.5. The molecule has 2 nitrogen and oxygen atoms in total. The topological polar surface area (TPSA) is 34.1 Å². The van der Waals surface area contributed by atoms with Crippen molar-refractivity contribution in [3.8, 4) is 0 Å². The minimum Gasteiger partial charge on any atom is -0.282 e. The van der Waals surface area contributed by atoms with Crippen molar-refractivity contribution in [3.05, 3.63) is 34.4 Å². The quantitative estimate of drug-likeness (QED) is 0.771. The molecule has 1 aromatic rings. The van der Waals surface area contributed by atoms with Crippen LogP contribution in [0.3, 0.4) is 0 Å². The number of thiol groups is 2. The summed E-state index contributed by atoms with van der Waals surface area (Å²) >= 11 is 7.83. The number of carbonyl (C=O) groups excluding carboxylic acids is 2. The highest BCUT2D eigenvalue weighted by molar-refractivity contribution is 7.98. The molecule has 1 rings (SSSR count). The van der Waals surface area contributed by atoms with Gasteiger partial charge in [-0.1, -0.05) is 33.8 Å². The lowest BCUT2D eigenvalue weighted by Gasteiger charge is -2.18. The van der Waals surface area contributed by atoms with Crippen molar-refractivity contribution in [2.75, 3.05) is 0 Å². The third-order valence-corrected chi connectivity index (χ3v) is 3.56. The summed E-state index contributed by atoms with van der Waals surface area (Å²) in [7, 11) is 0. The van der Waals surface area contributed by atoms with Gasteiger partial charge in [-0.2, -0.15) is 0 Å². The van der Waals surface area contributed by atoms with Crippen LogP contribution in [0, 0.1) is 11.8 Å². The summed E-state index contributed by atoms with van der Waals surface area (Å²) in [5.41, 5.74) is 2.87. The first-order chi connectivity index (χ1) is 9.23. The van der Waals surface area contributed by atoms with E-state index in [2.05, 4.69) is 53.0 Å². The van der Waals surface area contributed by atoms with Crippen LogP contribution in [-0.2, 0) is 12.8 Å². The Balaban J connectivity index is 3.52. The number of benzene rings is 1. The second kappa shape index (κ2) is 7.32. The van der Waals surface area contributed by atoms with Crippen LogP contribution in [0.5, 0.6) is 0 Å². The van der Waals surface area contributed by atoms with Gasteiger partial charge in [0.2, 0.25) is 10.2 Å². The highest BCUT2D eigenvalue weighted by atomic mass is 32.1. The zero-order chi connectivity index (χ0) is 15.4. The molecule has 0 N–H and O–H groups in total. The van der Waals surface area contributed by atoms with Crippen molar-refractivity contribution in [1.29, 1.82) is 0 Å². The van der Waals surface area contributed by atoms with Crippen LogP contribution in [-0.4, -0.2) is 10.2 Å². The Labute approximate surface area is 132 Å². The predicted octanol–water partition coefficient (Wildman–Crippen LogP) is 4.22. The van der Waals surface area contributed by atoms with Gasteiger partial charge in [0.25, 0.3) is 0 Å². The first-order valence-corrected chi connectivity index (χ1v) is 7.74. The molecule has 4 heteroatoms. The maximum absolute atomic E-state index is 11.9. The summed E-state index contributed by atoms with van der Waals surface area (Å²) in [6.07, 6.45) is 1.65. The molecule has 0 fully saturated rings. The van der Waals surface area contributed by atoms with E-state index in [-0.39, 0.29) is 10.2 Å². The van der Waals surface area contributed by atoms with E-state index in [1.54, 1.807) is 6.07 Å². The molecule has 0 amide bonds. The van der Waals surface area contributed by atoms with Gasteiger partial charge in [0, 0.05) is 11.1 Å². The summed E-state index contributed by atoms with van der Waals surface area (Å²) in [6, 6.07) is 3.64. The van der Waals surface area contributed by atoms with Gasteiger partial charge >= 0.3 is 0 Å². The fraction of sp³-hybridized carbons (Fsp3) is 0.500. The van der Waals surface area contributed by atoms with Crippen molar-refractivity contribution in [1.82, 2.24) is 0 Å². The maximum Gasteiger partial charge on any atom is 0.217 e.